The predicted molar refractivity (Wildman–Crippen MR) is 75.4 cm³/mol. The second kappa shape index (κ2) is 6.35. The minimum absolute atomic E-state index is 0.169. The van der Waals surface area contributed by atoms with E-state index in [9.17, 15) is 5.11 Å². The van der Waals surface area contributed by atoms with Crippen molar-refractivity contribution in [3.05, 3.63) is 35.9 Å². The molecular weight excluding hydrogens is 222 g/mol. The molecule has 1 aromatic carbocycles. The average molecular weight is 247 g/mol. The molecule has 0 bridgehead atoms. The maximum Gasteiger partial charge on any atom is 0.0628 e. The number of piperidine rings is 1. The quantitative estimate of drug-likeness (QED) is 0.884. The first kappa shape index (κ1) is 13.6. The summed E-state index contributed by atoms with van der Waals surface area (Å²) in [4.78, 5) is 2.47. The Labute approximate surface area is 111 Å². The summed E-state index contributed by atoms with van der Waals surface area (Å²) in [7, 11) is 0. The summed E-state index contributed by atoms with van der Waals surface area (Å²) >= 11 is 0. The molecule has 1 fully saturated rings. The third kappa shape index (κ3) is 3.12. The Morgan fingerprint density at radius 2 is 2.00 bits per heavy atom. The van der Waals surface area contributed by atoms with Crippen molar-refractivity contribution in [1.82, 2.24) is 4.90 Å². The third-order valence-electron chi connectivity index (χ3n) is 4.15. The van der Waals surface area contributed by atoms with Crippen LogP contribution in [-0.2, 0) is 0 Å². The summed E-state index contributed by atoms with van der Waals surface area (Å²) < 4.78 is 0. The molecule has 0 spiro atoms. The van der Waals surface area contributed by atoms with E-state index in [2.05, 4.69) is 43.0 Å². The zero-order chi connectivity index (χ0) is 13.0. The summed E-state index contributed by atoms with van der Waals surface area (Å²) in [5.74, 6) is 1.52. The van der Waals surface area contributed by atoms with Gasteiger partial charge in [0.1, 0.15) is 0 Å². The van der Waals surface area contributed by atoms with Crippen molar-refractivity contribution in [2.75, 3.05) is 19.7 Å². The van der Waals surface area contributed by atoms with E-state index in [4.69, 9.17) is 0 Å². The molecule has 0 unspecified atom stereocenters. The largest absolute Gasteiger partial charge is 0.394 e. The Morgan fingerprint density at radius 3 is 2.61 bits per heavy atom. The molecule has 0 radical (unpaired) electrons. The van der Waals surface area contributed by atoms with Crippen molar-refractivity contribution < 1.29 is 5.11 Å². The van der Waals surface area contributed by atoms with Crippen LogP contribution in [0.3, 0.4) is 0 Å². The number of hydrogen-bond acceptors (Lipinski definition) is 2. The van der Waals surface area contributed by atoms with Crippen molar-refractivity contribution in [3.63, 3.8) is 0 Å². The zero-order valence-corrected chi connectivity index (χ0v) is 11.5. The van der Waals surface area contributed by atoms with Gasteiger partial charge in [0.2, 0.25) is 0 Å². The molecule has 1 aliphatic rings. The third-order valence-corrected chi connectivity index (χ3v) is 4.15. The van der Waals surface area contributed by atoms with Gasteiger partial charge in [0.15, 0.2) is 0 Å². The lowest BCUT2D eigenvalue weighted by Crippen LogP contribution is -2.42. The Morgan fingerprint density at radius 1 is 1.28 bits per heavy atom. The van der Waals surface area contributed by atoms with Crippen molar-refractivity contribution in [2.24, 2.45) is 11.8 Å². The fourth-order valence-corrected chi connectivity index (χ4v) is 3.18. The van der Waals surface area contributed by atoms with Crippen LogP contribution in [0.4, 0.5) is 0 Å². The van der Waals surface area contributed by atoms with Crippen LogP contribution >= 0.6 is 0 Å². The highest BCUT2D eigenvalue weighted by molar-refractivity contribution is 5.19. The molecule has 2 rings (SSSR count). The first-order valence-electron chi connectivity index (χ1n) is 7.14. The lowest BCUT2D eigenvalue weighted by molar-refractivity contribution is 0.0550. The number of rotatable bonds is 4. The lowest BCUT2D eigenvalue weighted by Gasteiger charge is -2.40. The molecule has 2 nitrogen and oxygen atoms in total. The van der Waals surface area contributed by atoms with Gasteiger partial charge in [-0.3, -0.25) is 4.90 Å². The summed E-state index contributed by atoms with van der Waals surface area (Å²) in [6.45, 7) is 7.05. The van der Waals surface area contributed by atoms with Gasteiger partial charge in [-0.25, -0.2) is 0 Å². The van der Waals surface area contributed by atoms with Crippen LogP contribution in [0.5, 0.6) is 0 Å². The van der Waals surface area contributed by atoms with Crippen LogP contribution in [0, 0.1) is 11.8 Å². The van der Waals surface area contributed by atoms with Crippen molar-refractivity contribution in [3.8, 4) is 0 Å². The maximum atomic E-state index is 9.74. The van der Waals surface area contributed by atoms with Gasteiger partial charge in [0.05, 0.1) is 12.6 Å². The molecule has 18 heavy (non-hydrogen) atoms. The second-order valence-electron chi connectivity index (χ2n) is 5.68. The van der Waals surface area contributed by atoms with Gasteiger partial charge in [-0.15, -0.1) is 0 Å². The van der Waals surface area contributed by atoms with E-state index in [0.717, 1.165) is 24.9 Å². The second-order valence-corrected chi connectivity index (χ2v) is 5.68. The van der Waals surface area contributed by atoms with Crippen LogP contribution in [0.15, 0.2) is 30.3 Å². The Bertz CT molecular complexity index is 351. The summed E-state index contributed by atoms with van der Waals surface area (Å²) in [6.07, 6.45) is 2.58. The van der Waals surface area contributed by atoms with E-state index >= 15 is 0 Å². The van der Waals surface area contributed by atoms with Gasteiger partial charge in [-0.05, 0) is 23.8 Å². The minimum Gasteiger partial charge on any atom is -0.394 e. The Balaban J connectivity index is 2.12. The Hall–Kier alpha value is -0.860. The standard InChI is InChI=1S/C16H25NO/c1-3-14-9-13(2)10-17(11-14)16(12-18)15-7-5-4-6-8-15/h4-8,13-14,16,18H,3,9-12H2,1-2H3/t13-,14+,16-/m0/s1. The monoisotopic (exact) mass is 247 g/mol. The number of nitrogens with zero attached hydrogens (tertiary/aromatic N) is 1. The number of likely N-dealkylation sites (tertiary alicyclic amines) is 1. The molecule has 1 aliphatic heterocycles. The first-order chi connectivity index (χ1) is 8.74. The summed E-state index contributed by atoms with van der Waals surface area (Å²) in [6, 6.07) is 10.6. The van der Waals surface area contributed by atoms with Gasteiger partial charge >= 0.3 is 0 Å². The van der Waals surface area contributed by atoms with Gasteiger partial charge in [0.25, 0.3) is 0 Å². The van der Waals surface area contributed by atoms with E-state index in [1.807, 2.05) is 6.07 Å². The SMILES string of the molecule is CC[C@@H]1C[C@H](C)CN([C@@H](CO)c2ccccc2)C1. The molecule has 1 saturated heterocycles. The maximum absolute atomic E-state index is 9.74. The number of aliphatic hydroxyl groups is 1. The van der Waals surface area contributed by atoms with Crippen LogP contribution in [0.25, 0.3) is 0 Å². The van der Waals surface area contributed by atoms with Gasteiger partial charge in [-0.1, -0.05) is 50.6 Å². The van der Waals surface area contributed by atoms with Crippen molar-refractivity contribution in [1.29, 1.82) is 0 Å². The number of benzene rings is 1. The van der Waals surface area contributed by atoms with Crippen molar-refractivity contribution in [2.45, 2.75) is 32.7 Å². The van der Waals surface area contributed by atoms with E-state index < -0.39 is 0 Å². The first-order valence-corrected chi connectivity index (χ1v) is 7.14. The van der Waals surface area contributed by atoms with Crippen LogP contribution in [0.1, 0.15) is 38.3 Å². The van der Waals surface area contributed by atoms with Gasteiger partial charge in [-0.2, -0.15) is 0 Å². The zero-order valence-electron chi connectivity index (χ0n) is 11.5. The van der Waals surface area contributed by atoms with Crippen LogP contribution in [-0.4, -0.2) is 29.7 Å². The van der Waals surface area contributed by atoms with Gasteiger partial charge in [0, 0.05) is 13.1 Å². The number of hydrogen-bond donors (Lipinski definition) is 1. The topological polar surface area (TPSA) is 23.5 Å². The van der Waals surface area contributed by atoms with E-state index in [1.54, 1.807) is 0 Å². The normalized spacial score (nSPS) is 27.1. The fourth-order valence-electron chi connectivity index (χ4n) is 3.18. The minimum atomic E-state index is 0.169. The molecule has 2 heteroatoms. The molecule has 3 atom stereocenters. The summed E-state index contributed by atoms with van der Waals surface area (Å²) in [5.41, 5.74) is 1.24. The Kier molecular flexibility index (Phi) is 4.79. The van der Waals surface area contributed by atoms with Gasteiger partial charge < -0.3 is 5.11 Å². The highest BCUT2D eigenvalue weighted by Gasteiger charge is 2.28. The van der Waals surface area contributed by atoms with Crippen LogP contribution < -0.4 is 0 Å². The van der Waals surface area contributed by atoms with E-state index in [0.29, 0.717) is 0 Å². The van der Waals surface area contributed by atoms with Crippen LogP contribution in [0.2, 0.25) is 0 Å². The predicted octanol–water partition coefficient (Wildman–Crippen LogP) is 3.09. The van der Waals surface area contributed by atoms with E-state index in [-0.39, 0.29) is 12.6 Å². The molecular formula is C16H25NO. The smallest absolute Gasteiger partial charge is 0.0628 e. The molecule has 1 aromatic rings. The molecule has 0 amide bonds. The molecule has 1 N–H and O–H groups in total. The molecule has 1 heterocycles. The van der Waals surface area contributed by atoms with Crippen molar-refractivity contribution >= 4 is 0 Å². The average Bonchev–Trinajstić information content (AvgIpc) is 2.40. The molecule has 0 saturated carbocycles. The molecule has 0 aliphatic carbocycles. The molecule has 100 valence electrons. The fraction of sp³-hybridized carbons (Fsp3) is 0.625. The van der Waals surface area contributed by atoms with E-state index in [1.165, 1.54) is 18.4 Å². The summed E-state index contributed by atoms with van der Waals surface area (Å²) in [5, 5.41) is 9.74. The number of aliphatic hydroxyl groups excluding tert-OH is 1. The molecule has 0 aromatic heterocycles. The highest BCUT2D eigenvalue weighted by atomic mass is 16.3. The highest BCUT2D eigenvalue weighted by Crippen LogP contribution is 2.30. The lowest BCUT2D eigenvalue weighted by atomic mass is 9.87.